The van der Waals surface area contributed by atoms with Crippen LogP contribution in [0.4, 0.5) is 17.1 Å². The summed E-state index contributed by atoms with van der Waals surface area (Å²) in [6.45, 7) is 2.63. The number of nitrogens with one attached hydrogen (secondary N) is 2. The van der Waals surface area contributed by atoms with Gasteiger partial charge in [-0.2, -0.15) is 4.31 Å². The number of sulfonamides is 1. The number of nitro benzene ring substituents is 1. The number of rotatable bonds is 8. The molecule has 0 aliphatic rings. The molecule has 0 radical (unpaired) electrons. The number of aryl methyl sites for hydroxylation is 1. The first-order valence-corrected chi connectivity index (χ1v) is 10.4. The van der Waals surface area contributed by atoms with Crippen LogP contribution in [0.3, 0.4) is 0 Å². The Morgan fingerprint density at radius 2 is 1.67 bits per heavy atom. The zero-order chi connectivity index (χ0) is 22.5. The lowest BCUT2D eigenvalue weighted by atomic mass is 10.1. The molecule has 0 atom stereocenters. The predicted molar refractivity (Wildman–Crippen MR) is 112 cm³/mol. The summed E-state index contributed by atoms with van der Waals surface area (Å²) >= 11 is 0. The van der Waals surface area contributed by atoms with Gasteiger partial charge in [-0.05, 0) is 36.8 Å². The molecule has 2 amide bonds. The second kappa shape index (κ2) is 9.46. The van der Waals surface area contributed by atoms with E-state index in [2.05, 4.69) is 10.6 Å². The first-order chi connectivity index (χ1) is 14.0. The number of nitro groups is 1. The van der Waals surface area contributed by atoms with Gasteiger partial charge in [-0.3, -0.25) is 19.7 Å². The number of hydrogen-bond acceptors (Lipinski definition) is 6. The number of anilines is 2. The second-order valence-corrected chi connectivity index (χ2v) is 8.51. The van der Waals surface area contributed by atoms with E-state index in [0.717, 1.165) is 4.31 Å². The van der Waals surface area contributed by atoms with Crippen LogP contribution in [0.25, 0.3) is 0 Å². The number of amides is 2. The molecule has 11 heteroatoms. The molecule has 30 heavy (non-hydrogen) atoms. The smallest absolute Gasteiger partial charge is 0.274 e. The first-order valence-electron chi connectivity index (χ1n) is 8.95. The van der Waals surface area contributed by atoms with Crippen molar-refractivity contribution in [3.05, 3.63) is 58.1 Å². The lowest BCUT2D eigenvalue weighted by Gasteiger charge is -2.17. The summed E-state index contributed by atoms with van der Waals surface area (Å²) in [7, 11) is -2.70. The maximum Gasteiger partial charge on any atom is 0.274 e. The molecule has 0 spiro atoms. The second-order valence-electron chi connectivity index (χ2n) is 6.47. The molecular weight excluding hydrogens is 412 g/mol. The van der Waals surface area contributed by atoms with Crippen molar-refractivity contribution < 1.29 is 22.9 Å². The van der Waals surface area contributed by atoms with E-state index in [9.17, 15) is 28.1 Å². The third-order valence-electron chi connectivity index (χ3n) is 4.20. The van der Waals surface area contributed by atoms with Gasteiger partial charge in [0, 0.05) is 37.0 Å². The summed E-state index contributed by atoms with van der Waals surface area (Å²) in [5, 5.41) is 16.2. The van der Waals surface area contributed by atoms with Crippen molar-refractivity contribution in [2.24, 2.45) is 0 Å². The van der Waals surface area contributed by atoms with Crippen LogP contribution in [0.2, 0.25) is 0 Å². The van der Waals surface area contributed by atoms with Gasteiger partial charge in [0.1, 0.15) is 0 Å². The van der Waals surface area contributed by atoms with E-state index < -0.39 is 27.4 Å². The molecule has 0 saturated heterocycles. The third-order valence-corrected chi connectivity index (χ3v) is 6.01. The molecule has 0 unspecified atom stereocenters. The Morgan fingerprint density at radius 3 is 2.20 bits per heavy atom. The lowest BCUT2D eigenvalue weighted by Crippen LogP contribution is -2.35. The summed E-state index contributed by atoms with van der Waals surface area (Å²) in [6, 6.07) is 9.84. The lowest BCUT2D eigenvalue weighted by molar-refractivity contribution is -0.385. The Bertz CT molecular complexity index is 1070. The fourth-order valence-electron chi connectivity index (χ4n) is 2.69. The quantitative estimate of drug-likeness (QED) is 0.483. The highest BCUT2D eigenvalue weighted by Crippen LogP contribution is 2.24. The molecule has 2 rings (SSSR count). The number of benzene rings is 2. The monoisotopic (exact) mass is 434 g/mol. The van der Waals surface area contributed by atoms with Gasteiger partial charge in [-0.1, -0.05) is 13.0 Å². The van der Waals surface area contributed by atoms with E-state index in [-0.39, 0.29) is 22.2 Å². The van der Waals surface area contributed by atoms with E-state index in [1.165, 1.54) is 50.4 Å². The van der Waals surface area contributed by atoms with Gasteiger partial charge in [0.05, 0.1) is 16.4 Å². The molecular formula is C19H22N4O6S. The summed E-state index contributed by atoms with van der Waals surface area (Å²) in [4.78, 5) is 33.9. The maximum atomic E-state index is 12.6. The van der Waals surface area contributed by atoms with Crippen LogP contribution < -0.4 is 10.6 Å². The van der Waals surface area contributed by atoms with Gasteiger partial charge in [-0.25, -0.2) is 8.42 Å². The van der Waals surface area contributed by atoms with Gasteiger partial charge in [0.15, 0.2) is 0 Å². The van der Waals surface area contributed by atoms with Crippen molar-refractivity contribution >= 4 is 38.9 Å². The molecule has 0 fully saturated rings. The Kier molecular flexibility index (Phi) is 7.24. The SMILES string of the molecule is CCc1ccc(NC(=O)CN(C)S(=O)(=O)c2ccc(NC(C)=O)cc2)cc1[N+](=O)[O-]. The van der Waals surface area contributed by atoms with Crippen LogP contribution in [0.15, 0.2) is 47.4 Å². The van der Waals surface area contributed by atoms with Crippen LogP contribution in [0, 0.1) is 10.1 Å². The van der Waals surface area contributed by atoms with E-state index >= 15 is 0 Å². The average Bonchev–Trinajstić information content (AvgIpc) is 2.67. The number of likely N-dealkylation sites (N-methyl/N-ethyl adjacent to an activating group) is 1. The normalized spacial score (nSPS) is 11.2. The highest BCUT2D eigenvalue weighted by Gasteiger charge is 2.23. The van der Waals surface area contributed by atoms with Crippen LogP contribution in [0.1, 0.15) is 19.4 Å². The molecule has 0 aliphatic carbocycles. The van der Waals surface area contributed by atoms with Crippen molar-refractivity contribution in [2.45, 2.75) is 25.2 Å². The van der Waals surface area contributed by atoms with Crippen molar-refractivity contribution in [3.8, 4) is 0 Å². The highest BCUT2D eigenvalue weighted by atomic mass is 32.2. The summed E-state index contributed by atoms with van der Waals surface area (Å²) < 4.78 is 26.2. The fraction of sp³-hybridized carbons (Fsp3) is 0.263. The number of carbonyl (C=O) groups is 2. The predicted octanol–water partition coefficient (Wildman–Crippen LogP) is 2.37. The van der Waals surface area contributed by atoms with Crippen LogP contribution in [0.5, 0.6) is 0 Å². The topological polar surface area (TPSA) is 139 Å². The van der Waals surface area contributed by atoms with Gasteiger partial charge in [0.25, 0.3) is 5.69 Å². The van der Waals surface area contributed by atoms with E-state index in [4.69, 9.17) is 0 Å². The largest absolute Gasteiger partial charge is 0.326 e. The zero-order valence-corrected chi connectivity index (χ0v) is 17.5. The summed E-state index contributed by atoms with van der Waals surface area (Å²) in [6.07, 6.45) is 0.465. The minimum Gasteiger partial charge on any atom is -0.326 e. The molecule has 0 saturated carbocycles. The number of hydrogen-bond donors (Lipinski definition) is 2. The Labute approximate surface area is 174 Å². The van der Waals surface area contributed by atoms with Crippen molar-refractivity contribution in [1.82, 2.24) is 4.31 Å². The van der Waals surface area contributed by atoms with Gasteiger partial charge >= 0.3 is 0 Å². The van der Waals surface area contributed by atoms with Crippen LogP contribution in [-0.2, 0) is 26.0 Å². The molecule has 0 aromatic heterocycles. The number of carbonyl (C=O) groups excluding carboxylic acids is 2. The minimum absolute atomic E-state index is 0.0464. The van der Waals surface area contributed by atoms with Crippen LogP contribution in [-0.4, -0.2) is 43.1 Å². The van der Waals surface area contributed by atoms with Gasteiger partial charge in [0.2, 0.25) is 21.8 Å². The highest BCUT2D eigenvalue weighted by molar-refractivity contribution is 7.89. The van der Waals surface area contributed by atoms with Crippen molar-refractivity contribution in [1.29, 1.82) is 0 Å². The Hall–Kier alpha value is -3.31. The van der Waals surface area contributed by atoms with Gasteiger partial charge in [-0.15, -0.1) is 0 Å². The Balaban J connectivity index is 2.10. The molecule has 10 nitrogen and oxygen atoms in total. The maximum absolute atomic E-state index is 12.6. The summed E-state index contributed by atoms with van der Waals surface area (Å²) in [5.41, 5.74) is 1.06. The zero-order valence-electron chi connectivity index (χ0n) is 16.7. The molecule has 160 valence electrons. The summed E-state index contributed by atoms with van der Waals surface area (Å²) in [5.74, 6) is -0.930. The molecule has 2 aromatic rings. The van der Waals surface area contributed by atoms with Gasteiger partial charge < -0.3 is 10.6 Å². The molecule has 0 aliphatic heterocycles. The number of nitrogens with zero attached hydrogens (tertiary/aromatic N) is 2. The van der Waals surface area contributed by atoms with Crippen molar-refractivity contribution in [3.63, 3.8) is 0 Å². The minimum atomic E-state index is -3.95. The average molecular weight is 434 g/mol. The molecule has 0 heterocycles. The van der Waals surface area contributed by atoms with E-state index in [1.54, 1.807) is 13.0 Å². The fourth-order valence-corrected chi connectivity index (χ4v) is 3.82. The van der Waals surface area contributed by atoms with E-state index in [0.29, 0.717) is 17.7 Å². The first kappa shape index (κ1) is 23.0. The van der Waals surface area contributed by atoms with Crippen LogP contribution >= 0.6 is 0 Å². The molecule has 2 N–H and O–H groups in total. The molecule has 2 aromatic carbocycles. The Morgan fingerprint density at radius 1 is 1.07 bits per heavy atom. The standard InChI is InChI=1S/C19H22N4O6S/c1-4-14-5-6-16(11-18(14)23(26)27)21-19(25)12-22(3)30(28,29)17-9-7-15(8-10-17)20-13(2)24/h5-11H,4,12H2,1-3H3,(H,20,24)(H,21,25). The third kappa shape index (κ3) is 5.61. The van der Waals surface area contributed by atoms with E-state index in [1.807, 2.05) is 0 Å². The van der Waals surface area contributed by atoms with Crippen molar-refractivity contribution in [2.75, 3.05) is 24.2 Å². The molecule has 0 bridgehead atoms.